The first-order chi connectivity index (χ1) is 13.8. The second-order valence-corrected chi connectivity index (χ2v) is 10.2. The number of aliphatic hydroxyl groups excluding tert-OH is 1. The minimum absolute atomic E-state index is 0.0138. The molecule has 166 valence electrons. The maximum absolute atomic E-state index is 12.9. The summed E-state index contributed by atoms with van der Waals surface area (Å²) in [5.41, 5.74) is 0.0798. The van der Waals surface area contributed by atoms with Gasteiger partial charge in [0.25, 0.3) is 0 Å². The fourth-order valence-corrected chi connectivity index (χ4v) is 6.47. The average molecular weight is 408 g/mol. The van der Waals surface area contributed by atoms with Gasteiger partial charge in [-0.25, -0.2) is 4.79 Å². The van der Waals surface area contributed by atoms with Crippen LogP contribution in [0.5, 0.6) is 0 Å². The Balaban J connectivity index is 1.68. The van der Waals surface area contributed by atoms with E-state index in [0.29, 0.717) is 12.6 Å². The Morgan fingerprint density at radius 1 is 1.10 bits per heavy atom. The molecule has 0 saturated heterocycles. The van der Waals surface area contributed by atoms with Crippen LogP contribution < -0.4 is 16.0 Å². The molecular weight excluding hydrogens is 366 g/mol. The summed E-state index contributed by atoms with van der Waals surface area (Å²) in [5.74, 6) is 0.187. The van der Waals surface area contributed by atoms with E-state index in [4.69, 9.17) is 0 Å². The van der Waals surface area contributed by atoms with Crippen molar-refractivity contribution in [1.82, 2.24) is 16.0 Å². The molecule has 0 aromatic rings. The monoisotopic (exact) mass is 407 g/mol. The predicted molar refractivity (Wildman–Crippen MR) is 114 cm³/mol. The highest BCUT2D eigenvalue weighted by atomic mass is 16.3. The topological polar surface area (TPSA) is 90.5 Å². The highest BCUT2D eigenvalue weighted by molar-refractivity contribution is 5.79. The maximum Gasteiger partial charge on any atom is 0.315 e. The Morgan fingerprint density at radius 3 is 2.41 bits per heavy atom. The van der Waals surface area contributed by atoms with Crippen molar-refractivity contribution >= 4 is 11.9 Å². The Hall–Kier alpha value is -1.30. The number of carbonyl (C=O) groups is 2. The minimum atomic E-state index is -0.507. The second kappa shape index (κ2) is 9.23. The molecule has 6 heteroatoms. The maximum atomic E-state index is 12.9. The number of urea groups is 1. The SMILES string of the molecule is CCNC(=O)N[C@H]1CC[C@]2(C)CC[C@@H]([C@H](C)C(=O)NC3CCCC3)[C@H](O)[C@H]2[C@@H]1C. The molecule has 3 aliphatic rings. The van der Waals surface area contributed by atoms with E-state index in [1.165, 1.54) is 12.8 Å². The van der Waals surface area contributed by atoms with Crippen molar-refractivity contribution in [1.29, 1.82) is 0 Å². The summed E-state index contributed by atoms with van der Waals surface area (Å²) in [7, 11) is 0. The van der Waals surface area contributed by atoms with Gasteiger partial charge in [-0.15, -0.1) is 0 Å². The first-order valence-corrected chi connectivity index (χ1v) is 11.8. The summed E-state index contributed by atoms with van der Waals surface area (Å²) in [6, 6.07) is 0.255. The van der Waals surface area contributed by atoms with E-state index < -0.39 is 6.10 Å². The van der Waals surface area contributed by atoms with Gasteiger partial charge in [-0.1, -0.05) is 33.6 Å². The molecule has 0 spiro atoms. The van der Waals surface area contributed by atoms with Gasteiger partial charge >= 0.3 is 6.03 Å². The lowest BCUT2D eigenvalue weighted by molar-refractivity contribution is -0.142. The molecular formula is C23H41N3O3. The molecule has 0 aromatic heterocycles. The van der Waals surface area contributed by atoms with Crippen LogP contribution in [0.2, 0.25) is 0 Å². The van der Waals surface area contributed by atoms with Crippen LogP contribution in [0.25, 0.3) is 0 Å². The van der Waals surface area contributed by atoms with Crippen LogP contribution in [0.3, 0.4) is 0 Å². The van der Waals surface area contributed by atoms with E-state index in [2.05, 4.69) is 29.8 Å². The molecule has 0 aromatic carbocycles. The molecule has 7 atom stereocenters. The van der Waals surface area contributed by atoms with Crippen molar-refractivity contribution in [3.63, 3.8) is 0 Å². The molecule has 0 bridgehead atoms. The standard InChI is InChI=1S/C23H41N3O3/c1-5-24-22(29)26-18-11-13-23(4)12-10-17(20(27)19(23)15(18)3)14(2)21(28)25-16-8-6-7-9-16/h14-20,27H,5-13H2,1-4H3,(H,25,28)(H2,24,26,29)/t14-,15+,17-,18-,19+,20-,23-/m0/s1. The summed E-state index contributed by atoms with van der Waals surface area (Å²) in [6.45, 7) is 8.95. The fraction of sp³-hybridized carbons (Fsp3) is 0.913. The van der Waals surface area contributed by atoms with E-state index >= 15 is 0 Å². The van der Waals surface area contributed by atoms with Gasteiger partial charge in [-0.05, 0) is 68.6 Å². The summed E-state index contributed by atoms with van der Waals surface area (Å²) < 4.78 is 0. The van der Waals surface area contributed by atoms with Gasteiger partial charge in [0.05, 0.1) is 6.10 Å². The van der Waals surface area contributed by atoms with E-state index in [0.717, 1.165) is 38.5 Å². The number of amides is 3. The lowest BCUT2D eigenvalue weighted by Crippen LogP contribution is -2.59. The van der Waals surface area contributed by atoms with E-state index in [9.17, 15) is 14.7 Å². The molecule has 3 saturated carbocycles. The van der Waals surface area contributed by atoms with Crippen LogP contribution >= 0.6 is 0 Å². The van der Waals surface area contributed by atoms with Crippen LogP contribution in [-0.4, -0.2) is 41.8 Å². The van der Waals surface area contributed by atoms with Gasteiger partial charge in [0.15, 0.2) is 0 Å². The van der Waals surface area contributed by atoms with Crippen molar-refractivity contribution in [2.24, 2.45) is 29.1 Å². The highest BCUT2D eigenvalue weighted by Gasteiger charge is 2.53. The summed E-state index contributed by atoms with van der Waals surface area (Å²) in [4.78, 5) is 24.9. The van der Waals surface area contributed by atoms with Gasteiger partial charge in [0, 0.05) is 24.5 Å². The van der Waals surface area contributed by atoms with Crippen molar-refractivity contribution in [2.75, 3.05) is 6.54 Å². The van der Waals surface area contributed by atoms with Crippen molar-refractivity contribution < 1.29 is 14.7 Å². The van der Waals surface area contributed by atoms with Crippen molar-refractivity contribution in [2.45, 2.75) is 97.2 Å². The molecule has 3 aliphatic carbocycles. The third kappa shape index (κ3) is 4.73. The van der Waals surface area contributed by atoms with E-state index in [1.807, 2.05) is 13.8 Å². The van der Waals surface area contributed by atoms with Gasteiger partial charge in [-0.2, -0.15) is 0 Å². The quantitative estimate of drug-likeness (QED) is 0.564. The molecule has 29 heavy (non-hydrogen) atoms. The predicted octanol–water partition coefficient (Wildman–Crippen LogP) is 3.19. The number of hydrogen-bond donors (Lipinski definition) is 4. The van der Waals surface area contributed by atoms with E-state index in [1.54, 1.807) is 0 Å². The van der Waals surface area contributed by atoms with Crippen LogP contribution in [0.15, 0.2) is 0 Å². The summed E-state index contributed by atoms with van der Waals surface area (Å²) >= 11 is 0. The Kier molecular flexibility index (Phi) is 7.13. The Labute approximate surface area is 176 Å². The average Bonchev–Trinajstić information content (AvgIpc) is 3.17. The molecule has 0 radical (unpaired) electrons. The van der Waals surface area contributed by atoms with Gasteiger partial charge in [0.1, 0.15) is 0 Å². The lowest BCUT2D eigenvalue weighted by Gasteiger charge is -2.56. The van der Waals surface area contributed by atoms with Crippen LogP contribution in [0.4, 0.5) is 4.79 Å². The molecule has 6 nitrogen and oxygen atoms in total. The Morgan fingerprint density at radius 2 is 1.76 bits per heavy atom. The number of fused-ring (bicyclic) bond motifs is 1. The zero-order valence-corrected chi connectivity index (χ0v) is 18.7. The van der Waals surface area contributed by atoms with Crippen molar-refractivity contribution in [3.05, 3.63) is 0 Å². The molecule has 0 unspecified atom stereocenters. The number of carbonyl (C=O) groups excluding carboxylic acids is 2. The number of hydrogen-bond acceptors (Lipinski definition) is 3. The third-order valence-corrected chi connectivity index (χ3v) is 8.30. The minimum Gasteiger partial charge on any atom is -0.392 e. The van der Waals surface area contributed by atoms with Gasteiger partial charge in [-0.3, -0.25) is 4.79 Å². The molecule has 0 heterocycles. The lowest BCUT2D eigenvalue weighted by atomic mass is 9.51. The molecule has 0 aliphatic heterocycles. The van der Waals surface area contributed by atoms with Crippen LogP contribution in [-0.2, 0) is 4.79 Å². The van der Waals surface area contributed by atoms with Gasteiger partial charge < -0.3 is 21.1 Å². The summed E-state index contributed by atoms with van der Waals surface area (Å²) in [5, 5.41) is 20.6. The zero-order valence-electron chi connectivity index (χ0n) is 18.7. The highest BCUT2D eigenvalue weighted by Crippen LogP contribution is 2.55. The van der Waals surface area contributed by atoms with Crippen molar-refractivity contribution in [3.8, 4) is 0 Å². The first kappa shape index (κ1) is 22.4. The van der Waals surface area contributed by atoms with Crippen LogP contribution in [0, 0.1) is 29.1 Å². The molecule has 3 fully saturated rings. The summed E-state index contributed by atoms with van der Waals surface area (Å²) in [6.07, 6.45) is 7.94. The van der Waals surface area contributed by atoms with E-state index in [-0.39, 0.29) is 47.1 Å². The normalized spacial score (nSPS) is 38.7. The Bertz CT molecular complexity index is 592. The zero-order chi connectivity index (χ0) is 21.2. The van der Waals surface area contributed by atoms with Gasteiger partial charge in [0.2, 0.25) is 5.91 Å². The molecule has 4 N–H and O–H groups in total. The fourth-order valence-electron chi connectivity index (χ4n) is 6.47. The number of aliphatic hydroxyl groups is 1. The second-order valence-electron chi connectivity index (χ2n) is 10.2. The largest absolute Gasteiger partial charge is 0.392 e. The van der Waals surface area contributed by atoms with Crippen LogP contribution in [0.1, 0.15) is 79.1 Å². The smallest absolute Gasteiger partial charge is 0.315 e. The molecule has 3 amide bonds. The third-order valence-electron chi connectivity index (χ3n) is 8.30. The molecule has 3 rings (SSSR count). The number of rotatable bonds is 5. The first-order valence-electron chi connectivity index (χ1n) is 11.8. The number of nitrogens with one attached hydrogen (secondary N) is 3.